The lowest BCUT2D eigenvalue weighted by Crippen LogP contribution is -2.46. The molecular weight excluding hydrogens is 562 g/mol. The molecule has 0 spiro atoms. The molecule has 3 aromatic carbocycles. The number of hydrogen-bond acceptors (Lipinski definition) is 8. The first-order valence-electron chi connectivity index (χ1n) is 13.1. The predicted molar refractivity (Wildman–Crippen MR) is 157 cm³/mol. The van der Waals surface area contributed by atoms with Gasteiger partial charge in [0.2, 0.25) is 0 Å². The molecule has 9 nitrogen and oxygen atoms in total. The van der Waals surface area contributed by atoms with E-state index in [1.54, 1.807) is 25.7 Å². The van der Waals surface area contributed by atoms with Crippen LogP contribution in [0.4, 0.5) is 26.0 Å². The fourth-order valence-electron chi connectivity index (χ4n) is 5.02. The summed E-state index contributed by atoms with van der Waals surface area (Å²) in [5.41, 5.74) is 3.42. The molecule has 0 saturated carbocycles. The van der Waals surface area contributed by atoms with Crippen molar-refractivity contribution in [3.05, 3.63) is 97.1 Å². The number of anilines is 3. The highest BCUT2D eigenvalue weighted by Crippen LogP contribution is 2.31. The lowest BCUT2D eigenvalue weighted by atomic mass is 10.0. The Kier molecular flexibility index (Phi) is 7.29. The number of sulfonamides is 1. The summed E-state index contributed by atoms with van der Waals surface area (Å²) >= 11 is 0. The van der Waals surface area contributed by atoms with E-state index >= 15 is 0 Å². The van der Waals surface area contributed by atoms with Crippen molar-refractivity contribution in [3.8, 4) is 16.9 Å². The van der Waals surface area contributed by atoms with E-state index in [4.69, 9.17) is 4.74 Å². The number of nitrogens with one attached hydrogen (secondary N) is 1. The van der Waals surface area contributed by atoms with Gasteiger partial charge in [-0.2, -0.15) is 0 Å². The summed E-state index contributed by atoms with van der Waals surface area (Å²) in [5.74, 6) is -0.423. The summed E-state index contributed by atoms with van der Waals surface area (Å²) in [6.07, 6.45) is 4.48. The molecule has 1 N–H and O–H groups in total. The van der Waals surface area contributed by atoms with Crippen LogP contribution >= 0.6 is 0 Å². The molecule has 5 aromatic rings. The van der Waals surface area contributed by atoms with Crippen LogP contribution in [-0.2, 0) is 10.0 Å². The first-order valence-corrected chi connectivity index (χ1v) is 14.6. The van der Waals surface area contributed by atoms with Crippen LogP contribution in [0.25, 0.3) is 22.0 Å². The van der Waals surface area contributed by atoms with Gasteiger partial charge >= 0.3 is 0 Å². The second-order valence-electron chi connectivity index (χ2n) is 9.75. The van der Waals surface area contributed by atoms with Crippen molar-refractivity contribution in [1.82, 2.24) is 15.0 Å². The number of fused-ring (bicyclic) bond motifs is 1. The van der Waals surface area contributed by atoms with Crippen LogP contribution < -0.4 is 19.3 Å². The minimum Gasteiger partial charge on any atom is -0.497 e. The number of aromatic nitrogens is 3. The number of halogens is 2. The molecule has 0 radical (unpaired) electrons. The standard InChI is InChI=1S/C30H26F2N6O3S/c1-41-25-4-2-3-24(16-25)37-9-11-38(12-10-37)30-26-14-20(5-7-28(26)34-19-35-30)21-13-23(18-33-17-21)36-42(39,40)29-8-6-22(31)15-27(29)32/h2-8,13-19,36H,9-12H2,1H3. The number of pyridine rings is 1. The van der Waals surface area contributed by atoms with Gasteiger partial charge in [-0.1, -0.05) is 12.1 Å². The molecule has 0 amide bonds. The molecule has 42 heavy (non-hydrogen) atoms. The van der Waals surface area contributed by atoms with Crippen molar-refractivity contribution in [2.75, 3.05) is 47.8 Å². The Hall–Kier alpha value is -4.84. The van der Waals surface area contributed by atoms with E-state index in [1.807, 2.05) is 36.4 Å². The van der Waals surface area contributed by atoms with E-state index in [2.05, 4.69) is 35.5 Å². The maximum absolute atomic E-state index is 14.2. The molecular formula is C30H26F2N6O3S. The maximum Gasteiger partial charge on any atom is 0.264 e. The SMILES string of the molecule is COc1cccc(N2CCN(c3ncnc4ccc(-c5cncc(NS(=O)(=O)c6ccc(F)cc6F)c5)cc34)CC2)c1. The topological polar surface area (TPSA) is 101 Å². The highest BCUT2D eigenvalue weighted by molar-refractivity contribution is 7.92. The molecule has 0 bridgehead atoms. The first kappa shape index (κ1) is 27.3. The summed E-state index contributed by atoms with van der Waals surface area (Å²) in [5, 5.41) is 0.851. The number of rotatable bonds is 7. The van der Waals surface area contributed by atoms with Gasteiger partial charge in [0, 0.05) is 61.1 Å². The summed E-state index contributed by atoms with van der Waals surface area (Å²) < 4.78 is 60.7. The van der Waals surface area contributed by atoms with Crippen molar-refractivity contribution >= 4 is 38.1 Å². The van der Waals surface area contributed by atoms with Gasteiger partial charge in [-0.3, -0.25) is 9.71 Å². The first-order chi connectivity index (χ1) is 20.3. The third-order valence-corrected chi connectivity index (χ3v) is 8.53. The third kappa shape index (κ3) is 5.53. The Labute approximate surface area is 241 Å². The molecule has 1 aliphatic heterocycles. The molecule has 214 valence electrons. The van der Waals surface area contributed by atoms with Crippen LogP contribution in [0.3, 0.4) is 0 Å². The zero-order valence-corrected chi connectivity index (χ0v) is 23.4. The average Bonchev–Trinajstić information content (AvgIpc) is 3.00. The van der Waals surface area contributed by atoms with Gasteiger partial charge in [0.25, 0.3) is 10.0 Å². The minimum atomic E-state index is -4.31. The van der Waals surface area contributed by atoms with Gasteiger partial charge in [0.1, 0.15) is 34.4 Å². The summed E-state index contributed by atoms with van der Waals surface area (Å²) in [7, 11) is -2.66. The number of hydrogen-bond donors (Lipinski definition) is 1. The monoisotopic (exact) mass is 588 g/mol. The molecule has 3 heterocycles. The predicted octanol–water partition coefficient (Wildman–Crippen LogP) is 5.11. The van der Waals surface area contributed by atoms with Crippen LogP contribution in [0.1, 0.15) is 0 Å². The van der Waals surface area contributed by atoms with Crippen LogP contribution in [0.5, 0.6) is 5.75 Å². The van der Waals surface area contributed by atoms with Crippen molar-refractivity contribution in [3.63, 3.8) is 0 Å². The van der Waals surface area contributed by atoms with E-state index in [9.17, 15) is 17.2 Å². The van der Waals surface area contributed by atoms with Crippen LogP contribution in [-0.4, -0.2) is 56.7 Å². The van der Waals surface area contributed by atoms with Gasteiger partial charge in [-0.15, -0.1) is 0 Å². The lowest BCUT2D eigenvalue weighted by Gasteiger charge is -2.37. The van der Waals surface area contributed by atoms with E-state index in [0.717, 1.165) is 72.0 Å². The van der Waals surface area contributed by atoms with Crippen LogP contribution in [0, 0.1) is 11.6 Å². The zero-order valence-electron chi connectivity index (χ0n) is 22.5. The minimum absolute atomic E-state index is 0.134. The summed E-state index contributed by atoms with van der Waals surface area (Å²) in [4.78, 5) is 17.1. The van der Waals surface area contributed by atoms with E-state index < -0.39 is 26.6 Å². The molecule has 12 heteroatoms. The van der Waals surface area contributed by atoms with Crippen molar-refractivity contribution < 1.29 is 21.9 Å². The second-order valence-corrected chi connectivity index (χ2v) is 11.4. The Morgan fingerprint density at radius 3 is 2.45 bits per heavy atom. The van der Waals surface area contributed by atoms with E-state index in [-0.39, 0.29) is 5.69 Å². The van der Waals surface area contributed by atoms with Gasteiger partial charge in [-0.05, 0) is 48.0 Å². The fraction of sp³-hybridized carbons (Fsp3) is 0.167. The van der Waals surface area contributed by atoms with Crippen LogP contribution in [0.2, 0.25) is 0 Å². The number of ether oxygens (including phenoxy) is 1. The smallest absolute Gasteiger partial charge is 0.264 e. The van der Waals surface area contributed by atoms with Crippen molar-refractivity contribution in [1.29, 1.82) is 0 Å². The molecule has 0 unspecified atom stereocenters. The van der Waals surface area contributed by atoms with Gasteiger partial charge in [0.15, 0.2) is 0 Å². The molecule has 0 aliphatic carbocycles. The summed E-state index contributed by atoms with van der Waals surface area (Å²) in [6, 6.07) is 17.6. The number of benzene rings is 3. The molecule has 6 rings (SSSR count). The van der Waals surface area contributed by atoms with Gasteiger partial charge in [0.05, 0.1) is 24.5 Å². The Morgan fingerprint density at radius 1 is 0.857 bits per heavy atom. The van der Waals surface area contributed by atoms with Gasteiger partial charge < -0.3 is 14.5 Å². The maximum atomic E-state index is 14.2. The highest BCUT2D eigenvalue weighted by atomic mass is 32.2. The van der Waals surface area contributed by atoms with Crippen molar-refractivity contribution in [2.24, 2.45) is 0 Å². The number of piperazine rings is 1. The van der Waals surface area contributed by atoms with E-state index in [0.29, 0.717) is 11.6 Å². The van der Waals surface area contributed by atoms with E-state index in [1.165, 1.54) is 6.20 Å². The average molecular weight is 589 g/mol. The second kappa shape index (κ2) is 11.2. The Balaban J connectivity index is 1.25. The quantitative estimate of drug-likeness (QED) is 0.280. The fourth-order valence-corrected chi connectivity index (χ4v) is 6.11. The molecule has 1 fully saturated rings. The van der Waals surface area contributed by atoms with Crippen LogP contribution in [0.15, 0.2) is 90.3 Å². The normalized spacial score (nSPS) is 13.8. The highest BCUT2D eigenvalue weighted by Gasteiger charge is 2.22. The molecule has 0 atom stereocenters. The third-order valence-electron chi connectivity index (χ3n) is 7.12. The zero-order chi connectivity index (χ0) is 29.3. The number of methoxy groups -OCH3 is 1. The summed E-state index contributed by atoms with van der Waals surface area (Å²) in [6.45, 7) is 3.12. The molecule has 1 saturated heterocycles. The molecule has 2 aromatic heterocycles. The Morgan fingerprint density at radius 2 is 1.67 bits per heavy atom. The largest absolute Gasteiger partial charge is 0.497 e. The van der Waals surface area contributed by atoms with Crippen molar-refractivity contribution in [2.45, 2.75) is 4.90 Å². The molecule has 1 aliphatic rings. The number of nitrogens with zero attached hydrogens (tertiary/aromatic N) is 5. The Bertz CT molecular complexity index is 1880. The van der Waals surface area contributed by atoms with Gasteiger partial charge in [-0.25, -0.2) is 27.2 Å². The lowest BCUT2D eigenvalue weighted by molar-refractivity contribution is 0.414.